The highest BCUT2D eigenvalue weighted by Gasteiger charge is 2.14. The molecule has 2 N–H and O–H groups in total. The van der Waals surface area contributed by atoms with Crippen molar-refractivity contribution in [2.45, 2.75) is 13.3 Å². The van der Waals surface area contributed by atoms with Crippen LogP contribution in [-0.4, -0.2) is 17.6 Å². The van der Waals surface area contributed by atoms with E-state index < -0.39 is 11.8 Å². The first-order chi connectivity index (χ1) is 7.66. The van der Waals surface area contributed by atoms with Gasteiger partial charge >= 0.3 is 5.97 Å². The van der Waals surface area contributed by atoms with Gasteiger partial charge in [0.05, 0.1) is 5.69 Å². The van der Waals surface area contributed by atoms with E-state index in [-0.39, 0.29) is 11.3 Å². The number of nitrogens with one attached hydrogen (secondary N) is 1. The van der Waals surface area contributed by atoms with Crippen molar-refractivity contribution in [3.05, 3.63) is 29.6 Å². The SMILES string of the molecule is CC#CCCNc1cccc(F)c1C(=O)O. The van der Waals surface area contributed by atoms with E-state index in [2.05, 4.69) is 17.2 Å². The zero-order chi connectivity index (χ0) is 12.0. The standard InChI is InChI=1S/C12H12FNO2/c1-2-3-4-8-14-10-7-5-6-9(13)11(10)12(15)16/h5-7,14H,4,8H2,1H3,(H,15,16). The second-order valence-electron chi connectivity index (χ2n) is 3.07. The Morgan fingerprint density at radius 1 is 1.56 bits per heavy atom. The molecule has 0 unspecified atom stereocenters. The summed E-state index contributed by atoms with van der Waals surface area (Å²) in [5.41, 5.74) is -0.0441. The molecule has 0 atom stereocenters. The quantitative estimate of drug-likeness (QED) is 0.606. The Morgan fingerprint density at radius 2 is 2.31 bits per heavy atom. The minimum absolute atomic E-state index is 0.283. The molecule has 84 valence electrons. The maximum absolute atomic E-state index is 13.2. The topological polar surface area (TPSA) is 49.3 Å². The van der Waals surface area contributed by atoms with Gasteiger partial charge in [-0.3, -0.25) is 0 Å². The number of carboxylic acid groups (broad SMARTS) is 1. The lowest BCUT2D eigenvalue weighted by atomic mass is 10.1. The highest BCUT2D eigenvalue weighted by molar-refractivity contribution is 5.94. The summed E-state index contributed by atoms with van der Waals surface area (Å²) in [7, 11) is 0. The van der Waals surface area contributed by atoms with Crippen LogP contribution in [0, 0.1) is 17.7 Å². The average molecular weight is 221 g/mol. The number of hydrogen-bond acceptors (Lipinski definition) is 2. The first-order valence-electron chi connectivity index (χ1n) is 4.82. The Labute approximate surface area is 93.3 Å². The van der Waals surface area contributed by atoms with Crippen molar-refractivity contribution in [3.8, 4) is 11.8 Å². The van der Waals surface area contributed by atoms with Crippen molar-refractivity contribution in [2.24, 2.45) is 0 Å². The smallest absolute Gasteiger partial charge is 0.340 e. The van der Waals surface area contributed by atoms with Crippen molar-refractivity contribution >= 4 is 11.7 Å². The van der Waals surface area contributed by atoms with Gasteiger partial charge in [-0.2, -0.15) is 0 Å². The molecule has 0 fully saturated rings. The second kappa shape index (κ2) is 5.76. The highest BCUT2D eigenvalue weighted by atomic mass is 19.1. The Hall–Kier alpha value is -2.02. The largest absolute Gasteiger partial charge is 0.478 e. The fraction of sp³-hybridized carbons (Fsp3) is 0.250. The molecule has 0 heterocycles. The van der Waals surface area contributed by atoms with Gasteiger partial charge in [0.2, 0.25) is 0 Å². The van der Waals surface area contributed by atoms with Gasteiger partial charge in [-0.15, -0.1) is 11.8 Å². The number of aromatic carboxylic acids is 1. The van der Waals surface area contributed by atoms with Crippen LogP contribution < -0.4 is 5.32 Å². The van der Waals surface area contributed by atoms with Gasteiger partial charge in [0.15, 0.2) is 0 Å². The minimum Gasteiger partial charge on any atom is -0.478 e. The van der Waals surface area contributed by atoms with Gasteiger partial charge in [-0.05, 0) is 19.1 Å². The molecule has 0 aliphatic carbocycles. The molecule has 4 heteroatoms. The molecule has 0 aliphatic rings. The van der Waals surface area contributed by atoms with Crippen LogP contribution in [0.15, 0.2) is 18.2 Å². The van der Waals surface area contributed by atoms with E-state index in [4.69, 9.17) is 5.11 Å². The van der Waals surface area contributed by atoms with E-state index in [1.165, 1.54) is 12.1 Å². The average Bonchev–Trinajstić information content (AvgIpc) is 2.24. The number of carboxylic acids is 1. The molecule has 0 saturated heterocycles. The van der Waals surface area contributed by atoms with Gasteiger partial charge in [-0.1, -0.05) is 6.07 Å². The molecule has 0 spiro atoms. The van der Waals surface area contributed by atoms with Crippen LogP contribution in [0.25, 0.3) is 0 Å². The molecule has 1 aromatic carbocycles. The summed E-state index contributed by atoms with van der Waals surface area (Å²) in [4.78, 5) is 10.8. The third-order valence-corrected chi connectivity index (χ3v) is 1.97. The maximum Gasteiger partial charge on any atom is 0.340 e. The summed E-state index contributed by atoms with van der Waals surface area (Å²) in [6.45, 7) is 2.22. The van der Waals surface area contributed by atoms with Crippen LogP contribution in [0.1, 0.15) is 23.7 Å². The molecule has 0 radical (unpaired) electrons. The molecule has 0 aliphatic heterocycles. The van der Waals surface area contributed by atoms with Gasteiger partial charge in [0, 0.05) is 13.0 Å². The van der Waals surface area contributed by atoms with Crippen molar-refractivity contribution in [2.75, 3.05) is 11.9 Å². The molecular formula is C12H12FNO2. The van der Waals surface area contributed by atoms with Crippen LogP contribution in [0.4, 0.5) is 10.1 Å². The monoisotopic (exact) mass is 221 g/mol. The van der Waals surface area contributed by atoms with Crippen LogP contribution in [-0.2, 0) is 0 Å². The van der Waals surface area contributed by atoms with Crippen molar-refractivity contribution in [1.29, 1.82) is 0 Å². The first kappa shape index (κ1) is 12.1. The highest BCUT2D eigenvalue weighted by Crippen LogP contribution is 2.18. The lowest BCUT2D eigenvalue weighted by Crippen LogP contribution is -2.09. The molecular weight excluding hydrogens is 209 g/mol. The van der Waals surface area contributed by atoms with E-state index in [9.17, 15) is 9.18 Å². The Bertz CT molecular complexity index is 446. The number of halogens is 1. The number of hydrogen-bond donors (Lipinski definition) is 2. The van der Waals surface area contributed by atoms with Crippen molar-refractivity contribution in [1.82, 2.24) is 0 Å². The maximum atomic E-state index is 13.2. The summed E-state index contributed by atoms with van der Waals surface area (Å²) in [6, 6.07) is 4.13. The van der Waals surface area contributed by atoms with Crippen molar-refractivity contribution < 1.29 is 14.3 Å². The number of benzene rings is 1. The molecule has 1 aromatic rings. The molecule has 0 aromatic heterocycles. The Balaban J connectivity index is 2.81. The third-order valence-electron chi connectivity index (χ3n) is 1.97. The molecule has 0 bridgehead atoms. The summed E-state index contributed by atoms with van der Waals surface area (Å²) < 4.78 is 13.2. The molecule has 1 rings (SSSR count). The van der Waals surface area contributed by atoms with E-state index >= 15 is 0 Å². The summed E-state index contributed by atoms with van der Waals surface area (Å²) in [5.74, 6) is 3.54. The lowest BCUT2D eigenvalue weighted by molar-refractivity contribution is 0.0693. The zero-order valence-electron chi connectivity index (χ0n) is 8.88. The number of carbonyl (C=O) groups is 1. The minimum atomic E-state index is -1.28. The van der Waals surface area contributed by atoms with Gasteiger partial charge in [0.1, 0.15) is 11.4 Å². The van der Waals surface area contributed by atoms with E-state index in [0.29, 0.717) is 13.0 Å². The fourth-order valence-electron chi connectivity index (χ4n) is 1.27. The predicted molar refractivity (Wildman–Crippen MR) is 59.9 cm³/mol. The molecule has 16 heavy (non-hydrogen) atoms. The fourth-order valence-corrected chi connectivity index (χ4v) is 1.27. The third kappa shape index (κ3) is 2.99. The van der Waals surface area contributed by atoms with E-state index in [1.54, 1.807) is 6.92 Å². The van der Waals surface area contributed by atoms with Gasteiger partial charge in [-0.25, -0.2) is 9.18 Å². The molecule has 0 saturated carbocycles. The summed E-state index contributed by atoms with van der Waals surface area (Å²) in [5, 5.41) is 11.7. The van der Waals surface area contributed by atoms with Crippen LogP contribution >= 0.6 is 0 Å². The zero-order valence-corrected chi connectivity index (χ0v) is 8.88. The van der Waals surface area contributed by atoms with Crippen LogP contribution in [0.3, 0.4) is 0 Å². The number of rotatable bonds is 4. The van der Waals surface area contributed by atoms with E-state index in [0.717, 1.165) is 6.07 Å². The van der Waals surface area contributed by atoms with E-state index in [1.807, 2.05) is 0 Å². The molecule has 3 nitrogen and oxygen atoms in total. The van der Waals surface area contributed by atoms with Crippen LogP contribution in [0.5, 0.6) is 0 Å². The summed E-state index contributed by atoms with van der Waals surface area (Å²) in [6.07, 6.45) is 0.589. The second-order valence-corrected chi connectivity index (χ2v) is 3.07. The Kier molecular flexibility index (Phi) is 4.34. The normalized spacial score (nSPS) is 9.12. The molecule has 0 amide bonds. The predicted octanol–water partition coefficient (Wildman–Crippen LogP) is 2.35. The lowest BCUT2D eigenvalue weighted by Gasteiger charge is -2.08. The Morgan fingerprint density at radius 3 is 2.94 bits per heavy atom. The van der Waals surface area contributed by atoms with Gasteiger partial charge in [0.25, 0.3) is 0 Å². The first-order valence-corrected chi connectivity index (χ1v) is 4.82. The van der Waals surface area contributed by atoms with Crippen LogP contribution in [0.2, 0.25) is 0 Å². The van der Waals surface area contributed by atoms with Gasteiger partial charge < -0.3 is 10.4 Å². The summed E-state index contributed by atoms with van der Waals surface area (Å²) >= 11 is 0. The number of anilines is 1. The van der Waals surface area contributed by atoms with Crippen molar-refractivity contribution in [3.63, 3.8) is 0 Å².